The summed E-state index contributed by atoms with van der Waals surface area (Å²) in [5.74, 6) is 0. The van der Waals surface area contributed by atoms with Crippen LogP contribution < -0.4 is 0 Å². The van der Waals surface area contributed by atoms with Crippen molar-refractivity contribution >= 4 is 6.16 Å². The van der Waals surface area contributed by atoms with E-state index in [2.05, 4.69) is 9.47 Å². The van der Waals surface area contributed by atoms with Gasteiger partial charge in [0.15, 0.2) is 0 Å². The van der Waals surface area contributed by atoms with Gasteiger partial charge in [-0.25, -0.2) is 9.18 Å². The summed E-state index contributed by atoms with van der Waals surface area (Å²) in [4.78, 5) is 10.2. The highest BCUT2D eigenvalue weighted by molar-refractivity contribution is 5.60. The Morgan fingerprint density at radius 1 is 1.78 bits per heavy atom. The van der Waals surface area contributed by atoms with Crippen molar-refractivity contribution < 1.29 is 18.7 Å². The molecule has 0 aliphatic rings. The van der Waals surface area contributed by atoms with Crippen molar-refractivity contribution in [1.82, 2.24) is 0 Å². The highest BCUT2D eigenvalue weighted by Crippen LogP contribution is 1.86. The van der Waals surface area contributed by atoms with Crippen molar-refractivity contribution in [2.75, 3.05) is 13.3 Å². The molecule has 0 aliphatic heterocycles. The summed E-state index contributed by atoms with van der Waals surface area (Å²) in [6.45, 7) is 1.77. The molecule has 0 saturated carbocycles. The molecule has 0 saturated heterocycles. The van der Waals surface area contributed by atoms with Gasteiger partial charge in [-0.05, 0) is 6.92 Å². The summed E-state index contributed by atoms with van der Waals surface area (Å²) in [5, 5.41) is 0. The van der Waals surface area contributed by atoms with Gasteiger partial charge >= 0.3 is 6.16 Å². The standard InChI is InChI=1S/C5H8FO3/c1-2-8-5(7)9-4-3-6/h2H,3-4H2,1H3. The zero-order valence-electron chi connectivity index (χ0n) is 5.09. The lowest BCUT2D eigenvalue weighted by atomic mass is 10.8. The number of rotatable bonds is 3. The minimum absolute atomic E-state index is 0.243. The molecule has 0 bridgehead atoms. The van der Waals surface area contributed by atoms with Crippen LogP contribution in [0.2, 0.25) is 0 Å². The van der Waals surface area contributed by atoms with E-state index in [0.29, 0.717) is 0 Å². The fraction of sp³-hybridized carbons (Fsp3) is 0.600. The van der Waals surface area contributed by atoms with E-state index >= 15 is 0 Å². The van der Waals surface area contributed by atoms with Crippen molar-refractivity contribution in [2.24, 2.45) is 0 Å². The molecular formula is C5H8FO3. The number of hydrogen-bond donors (Lipinski definition) is 0. The zero-order chi connectivity index (χ0) is 7.11. The molecule has 0 aromatic heterocycles. The minimum Gasteiger partial charge on any atom is -0.432 e. The van der Waals surface area contributed by atoms with E-state index < -0.39 is 12.8 Å². The lowest BCUT2D eigenvalue weighted by molar-refractivity contribution is 0.0700. The van der Waals surface area contributed by atoms with Crippen LogP contribution in [0.1, 0.15) is 6.92 Å². The molecule has 0 fully saturated rings. The van der Waals surface area contributed by atoms with E-state index in [1.54, 1.807) is 0 Å². The summed E-state index contributed by atoms with van der Waals surface area (Å²) < 4.78 is 19.6. The Bertz CT molecular complexity index is 84.3. The molecule has 0 atom stereocenters. The van der Waals surface area contributed by atoms with E-state index in [1.807, 2.05) is 0 Å². The lowest BCUT2D eigenvalue weighted by Gasteiger charge is -1.99. The highest BCUT2D eigenvalue weighted by atomic mass is 19.1. The van der Waals surface area contributed by atoms with Gasteiger partial charge in [0.25, 0.3) is 0 Å². The van der Waals surface area contributed by atoms with Crippen LogP contribution in [0.25, 0.3) is 0 Å². The second kappa shape index (κ2) is 5.34. The molecule has 4 heteroatoms. The van der Waals surface area contributed by atoms with Crippen LogP contribution in [0.4, 0.5) is 9.18 Å². The Morgan fingerprint density at radius 3 is 2.89 bits per heavy atom. The summed E-state index contributed by atoms with van der Waals surface area (Å²) >= 11 is 0. The zero-order valence-corrected chi connectivity index (χ0v) is 5.09. The monoisotopic (exact) mass is 135 g/mol. The molecule has 0 aliphatic carbocycles. The van der Waals surface area contributed by atoms with E-state index in [1.165, 1.54) is 13.5 Å². The average Bonchev–Trinajstić information content (AvgIpc) is 1.85. The van der Waals surface area contributed by atoms with Gasteiger partial charge in [-0.15, -0.1) is 0 Å². The van der Waals surface area contributed by atoms with Gasteiger partial charge in [0.2, 0.25) is 0 Å². The third-order valence-electron chi connectivity index (χ3n) is 0.511. The molecule has 53 valence electrons. The van der Waals surface area contributed by atoms with E-state index in [0.717, 1.165) is 0 Å². The number of hydrogen-bond acceptors (Lipinski definition) is 3. The predicted molar refractivity (Wildman–Crippen MR) is 28.4 cm³/mol. The third kappa shape index (κ3) is 5.06. The second-order valence-corrected chi connectivity index (χ2v) is 1.14. The van der Waals surface area contributed by atoms with Crippen molar-refractivity contribution in [3.63, 3.8) is 0 Å². The molecule has 0 heterocycles. The first-order valence-corrected chi connectivity index (χ1v) is 2.48. The predicted octanol–water partition coefficient (Wildman–Crippen LogP) is 1.29. The first kappa shape index (κ1) is 8.20. The highest BCUT2D eigenvalue weighted by Gasteiger charge is 1.99. The van der Waals surface area contributed by atoms with Crippen LogP contribution in [-0.2, 0) is 9.47 Å². The molecule has 0 rings (SSSR count). The largest absolute Gasteiger partial charge is 0.508 e. The summed E-state index contributed by atoms with van der Waals surface area (Å²) in [6.07, 6.45) is -0.866. The SMILES string of the molecule is C[CH]OC(=O)OCCF. The van der Waals surface area contributed by atoms with Crippen LogP contribution >= 0.6 is 0 Å². The van der Waals surface area contributed by atoms with Crippen molar-refractivity contribution in [3.8, 4) is 0 Å². The molecule has 3 nitrogen and oxygen atoms in total. The van der Waals surface area contributed by atoms with Gasteiger partial charge in [-0.2, -0.15) is 0 Å². The van der Waals surface area contributed by atoms with Crippen molar-refractivity contribution in [2.45, 2.75) is 6.92 Å². The third-order valence-corrected chi connectivity index (χ3v) is 0.511. The Hall–Kier alpha value is -0.800. The molecule has 0 N–H and O–H groups in total. The molecule has 0 spiro atoms. The Kier molecular flexibility index (Phi) is 4.86. The first-order valence-electron chi connectivity index (χ1n) is 2.48. The first-order chi connectivity index (χ1) is 4.31. The topological polar surface area (TPSA) is 35.5 Å². The normalized spacial score (nSPS) is 8.67. The van der Waals surface area contributed by atoms with Gasteiger partial charge < -0.3 is 9.47 Å². The molecule has 0 aromatic carbocycles. The molecule has 0 aromatic rings. The number of alkyl halides is 1. The minimum atomic E-state index is -0.866. The smallest absolute Gasteiger partial charge is 0.432 e. The molecule has 0 amide bonds. The van der Waals surface area contributed by atoms with Crippen LogP contribution in [-0.4, -0.2) is 19.4 Å². The van der Waals surface area contributed by atoms with Gasteiger partial charge in [0.05, 0.1) is 0 Å². The molecular weight excluding hydrogens is 127 g/mol. The van der Waals surface area contributed by atoms with Crippen LogP contribution in [0.3, 0.4) is 0 Å². The van der Waals surface area contributed by atoms with Gasteiger partial charge in [0.1, 0.15) is 19.9 Å². The summed E-state index contributed by atoms with van der Waals surface area (Å²) in [5.41, 5.74) is 0. The summed E-state index contributed by atoms with van der Waals surface area (Å²) in [7, 11) is 0. The molecule has 1 radical (unpaired) electrons. The Balaban J connectivity index is 3.06. The van der Waals surface area contributed by atoms with E-state index in [4.69, 9.17) is 0 Å². The maximum absolute atomic E-state index is 11.3. The number of halogens is 1. The molecule has 0 unspecified atom stereocenters. The van der Waals surface area contributed by atoms with E-state index in [9.17, 15) is 9.18 Å². The number of ether oxygens (including phenoxy) is 2. The van der Waals surface area contributed by atoms with Crippen LogP contribution in [0.5, 0.6) is 0 Å². The Labute approximate surface area is 52.8 Å². The maximum atomic E-state index is 11.3. The average molecular weight is 135 g/mol. The fourth-order valence-electron chi connectivity index (χ4n) is 0.252. The maximum Gasteiger partial charge on any atom is 0.508 e. The lowest BCUT2D eigenvalue weighted by Crippen LogP contribution is -2.06. The Morgan fingerprint density at radius 2 is 2.44 bits per heavy atom. The van der Waals surface area contributed by atoms with E-state index in [-0.39, 0.29) is 6.61 Å². The summed E-state index contributed by atoms with van der Waals surface area (Å²) in [6, 6.07) is 0. The quantitative estimate of drug-likeness (QED) is 0.547. The number of carbonyl (C=O) groups excluding carboxylic acids is 1. The number of carbonyl (C=O) groups is 1. The van der Waals surface area contributed by atoms with Gasteiger partial charge in [-0.3, -0.25) is 0 Å². The van der Waals surface area contributed by atoms with Gasteiger partial charge in [0, 0.05) is 0 Å². The second-order valence-electron chi connectivity index (χ2n) is 1.14. The van der Waals surface area contributed by atoms with Crippen LogP contribution in [0, 0.1) is 6.61 Å². The van der Waals surface area contributed by atoms with Crippen molar-refractivity contribution in [1.29, 1.82) is 0 Å². The van der Waals surface area contributed by atoms with Crippen LogP contribution in [0.15, 0.2) is 0 Å². The van der Waals surface area contributed by atoms with Crippen molar-refractivity contribution in [3.05, 3.63) is 6.61 Å². The fourth-order valence-corrected chi connectivity index (χ4v) is 0.252. The van der Waals surface area contributed by atoms with Gasteiger partial charge in [-0.1, -0.05) is 0 Å². The molecule has 9 heavy (non-hydrogen) atoms.